The summed E-state index contributed by atoms with van der Waals surface area (Å²) in [6.07, 6.45) is 1.13. The molecule has 0 radical (unpaired) electrons. The molecule has 0 bridgehead atoms. The van der Waals surface area contributed by atoms with Gasteiger partial charge in [-0.05, 0) is 31.9 Å². The number of ether oxygens (including phenoxy) is 1. The van der Waals surface area contributed by atoms with Gasteiger partial charge in [0.05, 0.1) is 12.0 Å². The second-order valence-electron chi connectivity index (χ2n) is 6.23. The van der Waals surface area contributed by atoms with Gasteiger partial charge in [-0.25, -0.2) is 0 Å². The van der Waals surface area contributed by atoms with Gasteiger partial charge in [0.2, 0.25) is 5.91 Å². The number of carbonyl (C=O) groups excluding carboxylic acids is 1. The number of hydrogen-bond donors (Lipinski definition) is 1. The van der Waals surface area contributed by atoms with Gasteiger partial charge in [-0.15, -0.1) is 0 Å². The lowest BCUT2D eigenvalue weighted by atomic mass is 9.90. The largest absolute Gasteiger partial charge is 0.494 e. The number of rotatable bonds is 6. The summed E-state index contributed by atoms with van der Waals surface area (Å²) in [4.78, 5) is 25.3. The lowest BCUT2D eigenvalue weighted by Gasteiger charge is -2.23. The lowest BCUT2D eigenvalue weighted by Crippen LogP contribution is -2.37. The van der Waals surface area contributed by atoms with Crippen LogP contribution in [0.4, 0.5) is 0 Å². The maximum absolute atomic E-state index is 12.4. The number of amides is 1. The van der Waals surface area contributed by atoms with Crippen molar-refractivity contribution in [2.24, 2.45) is 11.3 Å². The minimum atomic E-state index is -0.831. The van der Waals surface area contributed by atoms with Gasteiger partial charge < -0.3 is 14.7 Å². The molecule has 0 unspecified atom stereocenters. The van der Waals surface area contributed by atoms with E-state index in [4.69, 9.17) is 4.74 Å². The van der Waals surface area contributed by atoms with Crippen LogP contribution < -0.4 is 4.74 Å². The summed E-state index contributed by atoms with van der Waals surface area (Å²) in [6.45, 7) is 4.86. The van der Waals surface area contributed by atoms with Crippen LogP contribution in [0.1, 0.15) is 26.7 Å². The molecular formula is C17H23NO4. The molecule has 0 aromatic heterocycles. The number of benzene rings is 1. The normalized spacial score (nSPS) is 22.4. The molecule has 5 heteroatoms. The smallest absolute Gasteiger partial charge is 0.311 e. The molecule has 1 N–H and O–H groups in total. The quantitative estimate of drug-likeness (QED) is 0.876. The maximum atomic E-state index is 12.4. The van der Waals surface area contributed by atoms with E-state index in [9.17, 15) is 14.7 Å². The average molecular weight is 305 g/mol. The Kier molecular flexibility index (Phi) is 5.06. The molecule has 2 atom stereocenters. The molecule has 5 nitrogen and oxygen atoms in total. The number of likely N-dealkylation sites (tertiary alicyclic amines) is 1. The summed E-state index contributed by atoms with van der Waals surface area (Å²) in [6, 6.07) is 9.49. The highest BCUT2D eigenvalue weighted by Gasteiger charge is 2.42. The van der Waals surface area contributed by atoms with E-state index in [0.29, 0.717) is 32.5 Å². The minimum absolute atomic E-state index is 0.0154. The molecule has 1 aromatic carbocycles. The zero-order valence-electron chi connectivity index (χ0n) is 13.1. The van der Waals surface area contributed by atoms with Gasteiger partial charge in [0.1, 0.15) is 5.75 Å². The van der Waals surface area contributed by atoms with E-state index in [0.717, 1.165) is 5.75 Å². The van der Waals surface area contributed by atoms with Crippen LogP contribution in [-0.4, -0.2) is 41.6 Å². The molecule has 0 aliphatic carbocycles. The number of aliphatic carboxylic acids is 1. The maximum Gasteiger partial charge on any atom is 0.311 e. The van der Waals surface area contributed by atoms with Gasteiger partial charge in [0.25, 0.3) is 0 Å². The molecular weight excluding hydrogens is 282 g/mol. The Morgan fingerprint density at radius 2 is 2.05 bits per heavy atom. The number of hydrogen-bond acceptors (Lipinski definition) is 3. The first kappa shape index (κ1) is 16.3. The fraction of sp³-hybridized carbons (Fsp3) is 0.529. The summed E-state index contributed by atoms with van der Waals surface area (Å²) in [5.74, 6) is -0.189. The molecule has 1 aromatic rings. The van der Waals surface area contributed by atoms with Crippen molar-refractivity contribution in [3.63, 3.8) is 0 Å². The first-order chi connectivity index (χ1) is 10.4. The third kappa shape index (κ3) is 3.78. The van der Waals surface area contributed by atoms with Crippen LogP contribution in [0.25, 0.3) is 0 Å². The van der Waals surface area contributed by atoms with Crippen LogP contribution in [0.3, 0.4) is 0 Å². The van der Waals surface area contributed by atoms with E-state index in [2.05, 4.69) is 0 Å². The van der Waals surface area contributed by atoms with Crippen molar-refractivity contribution in [3.8, 4) is 5.75 Å². The van der Waals surface area contributed by atoms with Crippen molar-refractivity contribution < 1.29 is 19.4 Å². The van der Waals surface area contributed by atoms with Gasteiger partial charge in [-0.1, -0.05) is 25.1 Å². The molecule has 1 aliphatic rings. The van der Waals surface area contributed by atoms with Crippen LogP contribution in [0, 0.1) is 11.3 Å². The Morgan fingerprint density at radius 3 is 2.64 bits per heavy atom. The van der Waals surface area contributed by atoms with E-state index in [1.54, 1.807) is 11.8 Å². The fourth-order valence-corrected chi connectivity index (χ4v) is 2.63. The van der Waals surface area contributed by atoms with Crippen LogP contribution in [0.15, 0.2) is 30.3 Å². The highest BCUT2D eigenvalue weighted by atomic mass is 16.5. The number of carboxylic acid groups (broad SMARTS) is 1. The Labute approximate surface area is 130 Å². The van der Waals surface area contributed by atoms with Crippen molar-refractivity contribution in [1.29, 1.82) is 0 Å². The average Bonchev–Trinajstić information content (AvgIpc) is 2.91. The Morgan fingerprint density at radius 1 is 1.36 bits per heavy atom. The Bertz CT molecular complexity index is 531. The summed E-state index contributed by atoms with van der Waals surface area (Å²) in [5, 5.41) is 9.22. The minimum Gasteiger partial charge on any atom is -0.494 e. The van der Waals surface area contributed by atoms with Gasteiger partial charge in [0, 0.05) is 19.0 Å². The monoisotopic (exact) mass is 305 g/mol. The Hall–Kier alpha value is -2.04. The summed E-state index contributed by atoms with van der Waals surface area (Å²) in [7, 11) is 0. The summed E-state index contributed by atoms with van der Waals surface area (Å²) < 4.78 is 5.60. The molecule has 0 spiro atoms. The number of carboxylic acids is 1. The van der Waals surface area contributed by atoms with Crippen LogP contribution in [-0.2, 0) is 9.59 Å². The predicted molar refractivity (Wildman–Crippen MR) is 82.7 cm³/mol. The lowest BCUT2D eigenvalue weighted by molar-refractivity contribution is -0.147. The zero-order chi connectivity index (χ0) is 16.2. The highest BCUT2D eigenvalue weighted by molar-refractivity contribution is 5.81. The molecule has 0 saturated carbocycles. The van der Waals surface area contributed by atoms with Crippen LogP contribution >= 0.6 is 0 Å². The van der Waals surface area contributed by atoms with E-state index >= 15 is 0 Å². The summed E-state index contributed by atoms with van der Waals surface area (Å²) >= 11 is 0. The molecule has 1 amide bonds. The van der Waals surface area contributed by atoms with Crippen LogP contribution in [0.2, 0.25) is 0 Å². The van der Waals surface area contributed by atoms with E-state index in [1.165, 1.54) is 0 Å². The van der Waals surface area contributed by atoms with E-state index < -0.39 is 11.4 Å². The number of nitrogens with zero attached hydrogens (tertiary/aromatic N) is 1. The third-order valence-electron chi connectivity index (χ3n) is 4.29. The summed E-state index contributed by atoms with van der Waals surface area (Å²) in [5.41, 5.74) is -0.810. The topological polar surface area (TPSA) is 66.8 Å². The van der Waals surface area contributed by atoms with Gasteiger partial charge >= 0.3 is 5.97 Å². The second-order valence-corrected chi connectivity index (χ2v) is 6.23. The first-order valence-corrected chi connectivity index (χ1v) is 7.62. The van der Waals surface area contributed by atoms with E-state index in [1.807, 2.05) is 37.3 Å². The molecule has 1 fully saturated rings. The third-order valence-corrected chi connectivity index (χ3v) is 4.29. The van der Waals surface area contributed by atoms with Crippen molar-refractivity contribution in [1.82, 2.24) is 4.90 Å². The standard InChI is InChI=1S/C17H23NO4/c1-13(8-11-22-14-6-4-3-5-7-14)15(19)18-10-9-17(2,12-18)16(20)21/h3-7,13H,8-12H2,1-2H3,(H,20,21)/t13-,17+/m0/s1. The van der Waals surface area contributed by atoms with Crippen LogP contribution in [0.5, 0.6) is 5.75 Å². The van der Waals surface area contributed by atoms with Crippen molar-refractivity contribution in [3.05, 3.63) is 30.3 Å². The molecule has 1 heterocycles. The van der Waals surface area contributed by atoms with Gasteiger partial charge in [-0.3, -0.25) is 9.59 Å². The zero-order valence-corrected chi connectivity index (χ0v) is 13.1. The molecule has 120 valence electrons. The van der Waals surface area contributed by atoms with E-state index in [-0.39, 0.29) is 11.8 Å². The molecule has 2 rings (SSSR count). The SMILES string of the molecule is C[C@@H](CCOc1ccccc1)C(=O)N1CC[C@@](C)(C(=O)O)C1. The predicted octanol–water partition coefficient (Wildman–Crippen LogP) is 2.41. The van der Waals surface area contributed by atoms with Gasteiger partial charge in [0.15, 0.2) is 0 Å². The molecule has 22 heavy (non-hydrogen) atoms. The molecule has 1 aliphatic heterocycles. The first-order valence-electron chi connectivity index (χ1n) is 7.62. The van der Waals surface area contributed by atoms with Gasteiger partial charge in [-0.2, -0.15) is 0 Å². The molecule has 1 saturated heterocycles. The van der Waals surface area contributed by atoms with Crippen molar-refractivity contribution >= 4 is 11.9 Å². The Balaban J connectivity index is 1.79. The fourth-order valence-electron chi connectivity index (χ4n) is 2.63. The van der Waals surface area contributed by atoms with Crippen molar-refractivity contribution in [2.75, 3.05) is 19.7 Å². The second kappa shape index (κ2) is 6.81. The number of para-hydroxylation sites is 1. The number of carbonyl (C=O) groups is 2. The highest BCUT2D eigenvalue weighted by Crippen LogP contribution is 2.31. The van der Waals surface area contributed by atoms with Crippen molar-refractivity contribution in [2.45, 2.75) is 26.7 Å².